The SMILES string of the molecule is [AlH3].[MgH2].[O]=[Hf]. The van der Waals surface area contributed by atoms with Gasteiger partial charge in [0, 0.05) is 0 Å². The molecule has 0 rings (SSSR count). The van der Waals surface area contributed by atoms with Crippen molar-refractivity contribution in [3.05, 3.63) is 0 Å². The average molecular weight is 251 g/mol. The van der Waals surface area contributed by atoms with E-state index in [-0.39, 0.29) is 64.8 Å². The second kappa shape index (κ2) is 20.2. The van der Waals surface area contributed by atoms with Crippen LogP contribution >= 0.6 is 0 Å². The van der Waals surface area contributed by atoms with Gasteiger partial charge in [0.25, 0.3) is 0 Å². The van der Waals surface area contributed by atoms with Gasteiger partial charge in [-0.15, -0.1) is 0 Å². The third-order valence-electron chi connectivity index (χ3n) is 0. The summed E-state index contributed by atoms with van der Waals surface area (Å²) in [6, 6.07) is 0. The van der Waals surface area contributed by atoms with Crippen molar-refractivity contribution in [2.75, 3.05) is 0 Å². The first kappa shape index (κ1) is 16.7. The molecule has 0 saturated carbocycles. The van der Waals surface area contributed by atoms with Crippen LogP contribution in [0.25, 0.3) is 0 Å². The zero-order valence-corrected chi connectivity index (χ0v) is 4.50. The molecule has 0 aromatic heterocycles. The number of hydrogen-bond donors (Lipinski definition) is 0. The van der Waals surface area contributed by atoms with Crippen molar-refractivity contribution >= 4 is 40.4 Å². The van der Waals surface area contributed by atoms with E-state index in [4.69, 9.17) is 2.85 Å². The van der Waals surface area contributed by atoms with E-state index in [0.717, 1.165) is 0 Å². The summed E-state index contributed by atoms with van der Waals surface area (Å²) in [5, 5.41) is 0. The third-order valence-corrected chi connectivity index (χ3v) is 0. The van der Waals surface area contributed by atoms with Crippen LogP contribution in [0.1, 0.15) is 0 Å². The predicted molar refractivity (Wildman–Crippen MR) is 19.2 cm³/mol. The predicted octanol–water partition coefficient (Wildman–Crippen LogP) is -2.22. The Morgan fingerprint density at radius 2 is 1.25 bits per heavy atom. The van der Waals surface area contributed by atoms with E-state index < -0.39 is 0 Å². The fourth-order valence-corrected chi connectivity index (χ4v) is 0. The van der Waals surface area contributed by atoms with Crippen molar-refractivity contribution in [1.82, 2.24) is 0 Å². The minimum atomic E-state index is 0. The van der Waals surface area contributed by atoms with Crippen LogP contribution in [-0.2, 0) is 27.2 Å². The Bertz CT molecular complexity index is 8.00. The zero-order valence-electron chi connectivity index (χ0n) is 0.908. The molecule has 20 valence electrons. The van der Waals surface area contributed by atoms with Crippen LogP contribution in [0.2, 0.25) is 0 Å². The normalized spacial score (nSPS) is 0.750. The quantitative estimate of drug-likeness (QED) is 0.445. The van der Waals surface area contributed by atoms with Gasteiger partial charge in [-0.25, -0.2) is 0 Å². The Hall–Kier alpha value is 1.97. The zero-order chi connectivity index (χ0) is 2.00. The third kappa shape index (κ3) is 9.02. The van der Waals surface area contributed by atoms with Gasteiger partial charge in [0.15, 0.2) is 17.4 Å². The molecule has 4 heavy (non-hydrogen) atoms. The first-order chi connectivity index (χ1) is 1.00. The summed E-state index contributed by atoms with van der Waals surface area (Å²) < 4.78 is 8.39. The van der Waals surface area contributed by atoms with E-state index in [1.54, 1.807) is 0 Å². The maximum atomic E-state index is 8.39. The van der Waals surface area contributed by atoms with Gasteiger partial charge in [0.2, 0.25) is 0 Å². The van der Waals surface area contributed by atoms with Crippen molar-refractivity contribution in [2.24, 2.45) is 0 Å². The van der Waals surface area contributed by atoms with Gasteiger partial charge in [-0.3, -0.25) is 0 Å². The molecule has 0 heterocycles. The summed E-state index contributed by atoms with van der Waals surface area (Å²) in [4.78, 5) is 0. The monoisotopic (exact) mass is 252 g/mol. The van der Waals surface area contributed by atoms with Gasteiger partial charge < -0.3 is 0 Å². The summed E-state index contributed by atoms with van der Waals surface area (Å²) in [5.41, 5.74) is 0. The first-order valence-corrected chi connectivity index (χ1v) is 1.67. The Labute approximate surface area is 66.8 Å². The summed E-state index contributed by atoms with van der Waals surface area (Å²) in [7, 11) is 0. The Balaban J connectivity index is -0.00000000500. The van der Waals surface area contributed by atoms with Crippen molar-refractivity contribution in [1.29, 1.82) is 0 Å². The molecule has 0 unspecified atom stereocenters. The van der Waals surface area contributed by atoms with Gasteiger partial charge in [0.05, 0.1) is 0 Å². The second-order valence-corrected chi connectivity index (χ2v) is 0. The molecule has 4 heteroatoms. The summed E-state index contributed by atoms with van der Waals surface area (Å²) in [6.45, 7) is 0. The fourth-order valence-electron chi connectivity index (χ4n) is 0. The van der Waals surface area contributed by atoms with Gasteiger partial charge >= 0.3 is 50.3 Å². The van der Waals surface area contributed by atoms with E-state index in [0.29, 0.717) is 0 Å². The summed E-state index contributed by atoms with van der Waals surface area (Å²) in [5.74, 6) is 0. The molecule has 0 aromatic rings. The van der Waals surface area contributed by atoms with Gasteiger partial charge in [-0.2, -0.15) is 0 Å². The van der Waals surface area contributed by atoms with Crippen molar-refractivity contribution in [2.45, 2.75) is 0 Å². The molecule has 0 fully saturated rings. The Morgan fingerprint density at radius 1 is 1.25 bits per heavy atom. The average Bonchev–Trinajstić information content (AvgIpc) is 1.00. The Morgan fingerprint density at radius 3 is 1.25 bits per heavy atom. The standard InChI is InChI=1S/Al.Hf.Mg.O.5H. The molecule has 0 aliphatic rings. The molecule has 0 aliphatic heterocycles. The van der Waals surface area contributed by atoms with Crippen molar-refractivity contribution < 1.29 is 27.2 Å². The molecule has 0 aromatic carbocycles. The molecule has 0 amide bonds. The molecule has 0 N–H and O–H groups in total. The molecule has 0 radical (unpaired) electrons. The second-order valence-electron chi connectivity index (χ2n) is 0. The van der Waals surface area contributed by atoms with Crippen LogP contribution in [0.15, 0.2) is 0 Å². The van der Waals surface area contributed by atoms with Crippen LogP contribution in [0, 0.1) is 0 Å². The topological polar surface area (TPSA) is 17.1 Å². The van der Waals surface area contributed by atoms with Crippen LogP contribution in [0.4, 0.5) is 0 Å². The summed E-state index contributed by atoms with van der Waals surface area (Å²) in [6.07, 6.45) is 0. The van der Waals surface area contributed by atoms with Crippen molar-refractivity contribution in [3.63, 3.8) is 0 Å². The maximum absolute atomic E-state index is 8.39. The van der Waals surface area contributed by atoms with Gasteiger partial charge in [-0.1, -0.05) is 0 Å². The van der Waals surface area contributed by atoms with Crippen LogP contribution in [0.5, 0.6) is 0 Å². The molecular weight excluding hydrogens is 246 g/mol. The van der Waals surface area contributed by atoms with Crippen LogP contribution in [0.3, 0.4) is 0 Å². The molecule has 0 spiro atoms. The van der Waals surface area contributed by atoms with E-state index in [1.807, 2.05) is 0 Å². The van der Waals surface area contributed by atoms with Crippen LogP contribution < -0.4 is 0 Å². The first-order valence-electron chi connectivity index (χ1n) is 0.204. The van der Waals surface area contributed by atoms with E-state index >= 15 is 0 Å². The number of rotatable bonds is 0. The van der Waals surface area contributed by atoms with E-state index in [2.05, 4.69) is 0 Å². The molecular formula is H5AlHfMgO. The molecule has 0 bridgehead atoms. The molecule has 0 atom stereocenters. The van der Waals surface area contributed by atoms with E-state index in [1.165, 1.54) is 0 Å². The van der Waals surface area contributed by atoms with Crippen molar-refractivity contribution in [3.8, 4) is 0 Å². The van der Waals surface area contributed by atoms with Crippen LogP contribution in [-0.4, -0.2) is 40.4 Å². The Kier molecular flexibility index (Phi) is 84.4. The number of hydrogen-bond acceptors (Lipinski definition) is 1. The molecule has 1 nitrogen and oxygen atoms in total. The van der Waals surface area contributed by atoms with Gasteiger partial charge in [0.1, 0.15) is 0 Å². The molecule has 0 saturated heterocycles. The summed E-state index contributed by atoms with van der Waals surface area (Å²) >= 11 is 0.0556. The van der Waals surface area contributed by atoms with E-state index in [9.17, 15) is 0 Å². The fraction of sp³-hybridized carbons (Fsp3) is 0. The van der Waals surface area contributed by atoms with Gasteiger partial charge in [-0.05, 0) is 0 Å². The molecule has 0 aliphatic carbocycles. The minimum absolute atomic E-state index is 0.